The van der Waals surface area contributed by atoms with Gasteiger partial charge in [-0.3, -0.25) is 4.79 Å². The van der Waals surface area contributed by atoms with Crippen molar-refractivity contribution in [2.45, 2.75) is 25.8 Å². The Labute approximate surface area is 109 Å². The summed E-state index contributed by atoms with van der Waals surface area (Å²) in [5.41, 5.74) is 0. The van der Waals surface area contributed by atoms with Crippen molar-refractivity contribution in [3.63, 3.8) is 0 Å². The van der Waals surface area contributed by atoms with Crippen LogP contribution in [0.2, 0.25) is 0 Å². The summed E-state index contributed by atoms with van der Waals surface area (Å²) >= 11 is 0. The van der Waals surface area contributed by atoms with Crippen molar-refractivity contribution < 1.29 is 9.21 Å². The number of hydrogen-bond acceptors (Lipinski definition) is 3. The molecule has 0 radical (unpaired) electrons. The van der Waals surface area contributed by atoms with Gasteiger partial charge in [0.15, 0.2) is 5.76 Å². The van der Waals surface area contributed by atoms with Gasteiger partial charge in [0.25, 0.3) is 5.91 Å². The summed E-state index contributed by atoms with van der Waals surface area (Å²) in [6, 6.07) is 3.96. The number of hydrogen-bond donors (Lipinski definition) is 0. The summed E-state index contributed by atoms with van der Waals surface area (Å²) in [6.45, 7) is 3.84. The highest BCUT2D eigenvalue weighted by molar-refractivity contribution is 5.91. The van der Waals surface area contributed by atoms with Crippen LogP contribution in [0.4, 0.5) is 0 Å². The maximum absolute atomic E-state index is 12.2. The van der Waals surface area contributed by atoms with Gasteiger partial charge in [0, 0.05) is 19.1 Å². The zero-order chi connectivity index (χ0) is 13.1. The normalized spacial score (nSPS) is 23.9. The number of rotatable bonds is 4. The van der Waals surface area contributed by atoms with Crippen molar-refractivity contribution in [2.75, 3.05) is 27.2 Å². The van der Waals surface area contributed by atoms with Crippen molar-refractivity contribution in [1.29, 1.82) is 0 Å². The van der Waals surface area contributed by atoms with Gasteiger partial charge >= 0.3 is 0 Å². The van der Waals surface area contributed by atoms with E-state index in [9.17, 15) is 4.79 Å². The summed E-state index contributed by atoms with van der Waals surface area (Å²) in [5, 5.41) is 0. The maximum Gasteiger partial charge on any atom is 0.289 e. The third kappa shape index (κ3) is 2.58. The molecule has 2 rings (SSSR count). The molecule has 0 bridgehead atoms. The lowest BCUT2D eigenvalue weighted by atomic mass is 9.98. The topological polar surface area (TPSA) is 36.7 Å². The second-order valence-electron chi connectivity index (χ2n) is 5.27. The Morgan fingerprint density at radius 1 is 1.50 bits per heavy atom. The summed E-state index contributed by atoms with van der Waals surface area (Å²) in [5.74, 6) is 1.04. The first-order valence-electron chi connectivity index (χ1n) is 6.62. The van der Waals surface area contributed by atoms with Crippen LogP contribution in [-0.2, 0) is 0 Å². The van der Waals surface area contributed by atoms with Crippen molar-refractivity contribution in [3.05, 3.63) is 24.2 Å². The summed E-state index contributed by atoms with van der Waals surface area (Å²) < 4.78 is 5.19. The van der Waals surface area contributed by atoms with Gasteiger partial charge < -0.3 is 14.2 Å². The Bertz CT molecular complexity index is 387. The number of furan rings is 1. The fourth-order valence-corrected chi connectivity index (χ4v) is 2.82. The standard InChI is InChI=1S/C14H22N2O2/c1-4-6-11-9-16(10-12(11)15(2)3)14(17)13-7-5-8-18-13/h5,7-8,11-12H,4,6,9-10H2,1-3H3/t11-,12-/m0/s1. The first-order chi connectivity index (χ1) is 8.63. The smallest absolute Gasteiger partial charge is 0.289 e. The molecule has 1 aromatic rings. The van der Waals surface area contributed by atoms with Gasteiger partial charge in [-0.05, 0) is 38.6 Å². The van der Waals surface area contributed by atoms with Crippen LogP contribution in [0.25, 0.3) is 0 Å². The highest BCUT2D eigenvalue weighted by Crippen LogP contribution is 2.26. The highest BCUT2D eigenvalue weighted by Gasteiger charge is 2.36. The molecular weight excluding hydrogens is 228 g/mol. The van der Waals surface area contributed by atoms with Crippen molar-refractivity contribution in [1.82, 2.24) is 9.80 Å². The van der Waals surface area contributed by atoms with Gasteiger partial charge in [-0.25, -0.2) is 0 Å². The van der Waals surface area contributed by atoms with Gasteiger partial charge in [0.2, 0.25) is 0 Å². The molecule has 18 heavy (non-hydrogen) atoms. The summed E-state index contributed by atoms with van der Waals surface area (Å²) in [4.78, 5) is 16.4. The Kier molecular flexibility index (Phi) is 4.07. The molecule has 2 heterocycles. The SMILES string of the molecule is CCC[C@H]1CN(C(=O)c2ccco2)C[C@@H]1N(C)C. The zero-order valence-electron chi connectivity index (χ0n) is 11.4. The van der Waals surface area contributed by atoms with E-state index in [0.717, 1.165) is 19.5 Å². The van der Waals surface area contributed by atoms with Crippen LogP contribution in [0, 0.1) is 5.92 Å². The molecule has 0 aliphatic carbocycles. The van der Waals surface area contributed by atoms with Gasteiger partial charge in [0.05, 0.1) is 6.26 Å². The molecule has 1 amide bonds. The minimum Gasteiger partial charge on any atom is -0.459 e. The molecule has 0 spiro atoms. The second kappa shape index (κ2) is 5.57. The molecule has 1 aliphatic rings. The van der Waals surface area contributed by atoms with Crippen LogP contribution in [0.3, 0.4) is 0 Å². The van der Waals surface area contributed by atoms with Crippen molar-refractivity contribution in [3.8, 4) is 0 Å². The molecule has 0 unspecified atom stereocenters. The van der Waals surface area contributed by atoms with E-state index in [0.29, 0.717) is 17.7 Å². The molecule has 0 saturated carbocycles. The Hall–Kier alpha value is -1.29. The largest absolute Gasteiger partial charge is 0.459 e. The lowest BCUT2D eigenvalue weighted by molar-refractivity contribution is 0.0749. The van der Waals surface area contributed by atoms with Gasteiger partial charge in [-0.2, -0.15) is 0 Å². The molecule has 100 valence electrons. The van der Waals surface area contributed by atoms with Gasteiger partial charge in [-0.1, -0.05) is 13.3 Å². The Morgan fingerprint density at radius 3 is 2.83 bits per heavy atom. The average molecular weight is 250 g/mol. The second-order valence-corrected chi connectivity index (χ2v) is 5.27. The predicted molar refractivity (Wildman–Crippen MR) is 70.5 cm³/mol. The highest BCUT2D eigenvalue weighted by atomic mass is 16.3. The van der Waals surface area contributed by atoms with E-state index in [1.807, 2.05) is 4.90 Å². The Morgan fingerprint density at radius 2 is 2.28 bits per heavy atom. The fourth-order valence-electron chi connectivity index (χ4n) is 2.82. The first kappa shape index (κ1) is 13.1. The molecule has 0 aromatic carbocycles. The van der Waals surface area contributed by atoms with Crippen LogP contribution in [0.1, 0.15) is 30.3 Å². The van der Waals surface area contributed by atoms with Crippen LogP contribution >= 0.6 is 0 Å². The molecule has 4 heteroatoms. The van der Waals surface area contributed by atoms with E-state index in [1.54, 1.807) is 18.4 Å². The van der Waals surface area contributed by atoms with Gasteiger partial charge in [0.1, 0.15) is 0 Å². The molecule has 1 saturated heterocycles. The third-order valence-electron chi connectivity index (χ3n) is 3.75. The van der Waals surface area contributed by atoms with E-state index >= 15 is 0 Å². The van der Waals surface area contributed by atoms with E-state index in [4.69, 9.17) is 4.42 Å². The lowest BCUT2D eigenvalue weighted by Gasteiger charge is -2.24. The van der Waals surface area contributed by atoms with Crippen molar-refractivity contribution >= 4 is 5.91 Å². The minimum absolute atomic E-state index is 0.0189. The van der Waals surface area contributed by atoms with Crippen LogP contribution in [-0.4, -0.2) is 48.9 Å². The molecule has 1 aliphatic heterocycles. The average Bonchev–Trinajstić information content (AvgIpc) is 2.97. The molecule has 1 fully saturated rings. The third-order valence-corrected chi connectivity index (χ3v) is 3.75. The van der Waals surface area contributed by atoms with E-state index in [2.05, 4.69) is 25.9 Å². The lowest BCUT2D eigenvalue weighted by Crippen LogP contribution is -2.36. The molecular formula is C14H22N2O2. The molecule has 4 nitrogen and oxygen atoms in total. The molecule has 1 aromatic heterocycles. The van der Waals surface area contributed by atoms with E-state index in [1.165, 1.54) is 6.42 Å². The number of amides is 1. The van der Waals surface area contributed by atoms with E-state index in [-0.39, 0.29) is 5.91 Å². The zero-order valence-corrected chi connectivity index (χ0v) is 11.4. The van der Waals surface area contributed by atoms with Gasteiger partial charge in [-0.15, -0.1) is 0 Å². The molecule has 2 atom stereocenters. The molecule has 0 N–H and O–H groups in total. The van der Waals surface area contributed by atoms with Crippen LogP contribution < -0.4 is 0 Å². The predicted octanol–water partition coefficient (Wildman–Crippen LogP) is 2.08. The number of likely N-dealkylation sites (tertiary alicyclic amines) is 1. The van der Waals surface area contributed by atoms with Crippen molar-refractivity contribution in [2.24, 2.45) is 5.92 Å². The monoisotopic (exact) mass is 250 g/mol. The summed E-state index contributed by atoms with van der Waals surface area (Å²) in [7, 11) is 4.18. The quantitative estimate of drug-likeness (QED) is 0.821. The number of nitrogens with zero attached hydrogens (tertiary/aromatic N) is 2. The first-order valence-corrected chi connectivity index (χ1v) is 6.62. The Balaban J connectivity index is 2.06. The number of carbonyl (C=O) groups excluding carboxylic acids is 1. The van der Waals surface area contributed by atoms with Crippen LogP contribution in [0.15, 0.2) is 22.8 Å². The number of likely N-dealkylation sites (N-methyl/N-ethyl adjacent to an activating group) is 1. The maximum atomic E-state index is 12.2. The van der Waals surface area contributed by atoms with Crippen LogP contribution in [0.5, 0.6) is 0 Å². The van der Waals surface area contributed by atoms with E-state index < -0.39 is 0 Å². The number of carbonyl (C=O) groups is 1. The minimum atomic E-state index is 0.0189. The summed E-state index contributed by atoms with van der Waals surface area (Å²) in [6.07, 6.45) is 3.89. The fraction of sp³-hybridized carbons (Fsp3) is 0.643.